The van der Waals surface area contributed by atoms with Gasteiger partial charge in [-0.3, -0.25) is 48.9 Å². The summed E-state index contributed by atoms with van der Waals surface area (Å²) in [5.41, 5.74) is 6.50. The van der Waals surface area contributed by atoms with E-state index in [1.807, 2.05) is 46.5 Å². The van der Waals surface area contributed by atoms with Gasteiger partial charge in [0.15, 0.2) is 23.1 Å². The standard InChI is InChI=1S/C62H60F2N8O6S4/c63-47-29-41(27-45(73)25-39-1-2-39)7-11-53(47)77-55-13-15-65-51-31-57(81-61(51)55)49-9-5-43(33-67-49)35-69-17-21-71(22-18-69)59(75)37-79-80-38-60(76)72-23-19-70(20-24-72)36-44-6-10-50(68-34-44)58-32-52-62(82-58)56(14-16-66-52)78-54-12-8-42(30-48(54)64)28-46(74)26-40-3-4-40/h5-16,29-34,39-40H,1-4,17-28,35-38H2. The first-order chi connectivity index (χ1) is 40.0. The van der Waals surface area contributed by atoms with E-state index in [0.29, 0.717) is 98.1 Å². The molecule has 0 N–H and O–H groups in total. The molecule has 0 unspecified atom stereocenters. The maximum absolute atomic E-state index is 15.2. The van der Waals surface area contributed by atoms with Crippen LogP contribution in [0, 0.1) is 23.5 Å². The van der Waals surface area contributed by atoms with Crippen molar-refractivity contribution in [3.05, 3.63) is 144 Å². The van der Waals surface area contributed by atoms with Crippen LogP contribution in [0.1, 0.15) is 60.8 Å². The molecule has 0 atom stereocenters. The predicted octanol–water partition coefficient (Wildman–Crippen LogP) is 12.1. The highest BCUT2D eigenvalue weighted by molar-refractivity contribution is 8.77. The zero-order chi connectivity index (χ0) is 56.1. The summed E-state index contributed by atoms with van der Waals surface area (Å²) in [5, 5.41) is 0. The van der Waals surface area contributed by atoms with E-state index in [1.54, 1.807) is 48.8 Å². The van der Waals surface area contributed by atoms with E-state index in [9.17, 15) is 19.2 Å². The quantitative estimate of drug-likeness (QED) is 0.0441. The Morgan fingerprint density at radius 3 is 1.29 bits per heavy atom. The Labute approximate surface area is 490 Å². The minimum atomic E-state index is -0.510. The van der Waals surface area contributed by atoms with Gasteiger partial charge in [0.2, 0.25) is 11.8 Å². The zero-order valence-electron chi connectivity index (χ0n) is 45.1. The lowest BCUT2D eigenvalue weighted by Crippen LogP contribution is -2.49. The van der Waals surface area contributed by atoms with Gasteiger partial charge in [-0.2, -0.15) is 0 Å². The molecule has 0 bridgehead atoms. The molecule has 2 saturated carbocycles. The van der Waals surface area contributed by atoms with Crippen LogP contribution in [0.5, 0.6) is 23.0 Å². The van der Waals surface area contributed by atoms with Crippen LogP contribution in [0.2, 0.25) is 0 Å². The van der Waals surface area contributed by atoms with Crippen LogP contribution >= 0.6 is 44.3 Å². The molecule has 4 fully saturated rings. The molecule has 422 valence electrons. The molecule has 2 aliphatic carbocycles. The van der Waals surface area contributed by atoms with E-state index in [4.69, 9.17) is 19.4 Å². The van der Waals surface area contributed by atoms with Gasteiger partial charge in [-0.15, -0.1) is 22.7 Å². The summed E-state index contributed by atoms with van der Waals surface area (Å²) in [7, 11) is 2.88. The number of aromatic nitrogens is 4. The smallest absolute Gasteiger partial charge is 0.233 e. The fraction of sp³-hybridized carbons (Fsp3) is 0.355. The summed E-state index contributed by atoms with van der Waals surface area (Å²) in [6, 6.07) is 25.0. The van der Waals surface area contributed by atoms with Crippen LogP contribution in [0.4, 0.5) is 8.78 Å². The van der Waals surface area contributed by atoms with Crippen LogP contribution in [0.25, 0.3) is 41.6 Å². The number of fused-ring (bicyclic) bond motifs is 2. The van der Waals surface area contributed by atoms with Crippen molar-refractivity contribution in [3.63, 3.8) is 0 Å². The predicted molar refractivity (Wildman–Crippen MR) is 319 cm³/mol. The third kappa shape index (κ3) is 14.2. The van der Waals surface area contributed by atoms with Gasteiger partial charge >= 0.3 is 0 Å². The van der Waals surface area contributed by atoms with Crippen molar-refractivity contribution in [2.75, 3.05) is 63.9 Å². The molecule has 12 rings (SSSR count). The molecule has 2 aliphatic heterocycles. The number of hydrogen-bond donors (Lipinski definition) is 0. The molecule has 2 aromatic carbocycles. The molecular formula is C62H60F2N8O6S4. The van der Waals surface area contributed by atoms with Crippen molar-refractivity contribution >= 4 is 88.1 Å². The molecule has 14 nitrogen and oxygen atoms in total. The highest BCUT2D eigenvalue weighted by Crippen LogP contribution is 2.42. The number of carbonyl (C=O) groups excluding carboxylic acids is 4. The molecule has 8 aromatic rings. The van der Waals surface area contributed by atoms with Crippen molar-refractivity contribution in [1.29, 1.82) is 0 Å². The number of hydrogen-bond acceptors (Lipinski definition) is 16. The van der Waals surface area contributed by atoms with Gasteiger partial charge in [0.1, 0.15) is 23.1 Å². The number of carbonyl (C=O) groups is 4. The maximum atomic E-state index is 15.2. The topological polar surface area (TPSA) is 151 Å². The summed E-state index contributed by atoms with van der Waals surface area (Å²) in [4.78, 5) is 80.0. The maximum Gasteiger partial charge on any atom is 0.233 e. The van der Waals surface area contributed by atoms with E-state index >= 15 is 8.78 Å². The monoisotopic (exact) mass is 1180 g/mol. The fourth-order valence-electron chi connectivity index (χ4n) is 10.4. The van der Waals surface area contributed by atoms with Gasteiger partial charge in [0.25, 0.3) is 0 Å². The number of benzene rings is 2. The summed E-state index contributed by atoms with van der Waals surface area (Å²) >= 11 is 2.97. The number of Topliss-reactive ketones (excluding diaryl/α,β-unsaturated/α-hetero) is 2. The first-order valence-electron chi connectivity index (χ1n) is 27.9. The minimum absolute atomic E-state index is 0.0821. The second-order valence-corrected chi connectivity index (χ2v) is 26.2. The van der Waals surface area contributed by atoms with Crippen molar-refractivity contribution in [2.45, 2.75) is 64.5 Å². The molecule has 0 radical (unpaired) electrons. The number of amides is 2. The van der Waals surface area contributed by atoms with E-state index in [0.717, 1.165) is 105 Å². The molecule has 8 heterocycles. The van der Waals surface area contributed by atoms with Crippen molar-refractivity contribution in [1.82, 2.24) is 39.5 Å². The number of halogens is 2. The molecule has 20 heteroatoms. The number of piperazine rings is 2. The number of ketones is 2. The molecule has 2 amide bonds. The number of ether oxygens (including phenoxy) is 2. The average molecular weight is 1180 g/mol. The number of thiophene rings is 2. The van der Waals surface area contributed by atoms with Gasteiger partial charge < -0.3 is 19.3 Å². The first-order valence-corrected chi connectivity index (χ1v) is 32.0. The Balaban J connectivity index is 0.538. The lowest BCUT2D eigenvalue weighted by atomic mass is 10.0. The second kappa shape index (κ2) is 25.4. The van der Waals surface area contributed by atoms with Gasteiger partial charge in [0, 0.05) is 128 Å². The van der Waals surface area contributed by atoms with Crippen LogP contribution in [0.3, 0.4) is 0 Å². The van der Waals surface area contributed by atoms with Crippen molar-refractivity contribution < 1.29 is 37.4 Å². The van der Waals surface area contributed by atoms with E-state index < -0.39 is 11.6 Å². The number of nitrogens with zero attached hydrogens (tertiary/aromatic N) is 8. The largest absolute Gasteiger partial charge is 0.453 e. The Kier molecular flexibility index (Phi) is 17.3. The van der Waals surface area contributed by atoms with Crippen LogP contribution in [-0.4, -0.2) is 127 Å². The lowest BCUT2D eigenvalue weighted by Gasteiger charge is -2.35. The van der Waals surface area contributed by atoms with E-state index in [1.165, 1.54) is 56.4 Å². The highest BCUT2D eigenvalue weighted by Gasteiger charge is 2.27. The minimum Gasteiger partial charge on any atom is -0.453 e. The number of rotatable bonds is 23. The van der Waals surface area contributed by atoms with Crippen molar-refractivity contribution in [2.24, 2.45) is 11.8 Å². The Hall–Kier alpha value is -6.68. The van der Waals surface area contributed by atoms with Crippen LogP contribution in [-0.2, 0) is 45.1 Å². The first kappa shape index (κ1) is 55.8. The zero-order valence-corrected chi connectivity index (χ0v) is 48.4. The summed E-state index contributed by atoms with van der Waals surface area (Å²) < 4.78 is 44.0. The highest BCUT2D eigenvalue weighted by atomic mass is 33.1. The summed E-state index contributed by atoms with van der Waals surface area (Å²) in [5.74, 6) is 2.25. The van der Waals surface area contributed by atoms with Gasteiger partial charge in [-0.25, -0.2) is 8.78 Å². The Morgan fingerprint density at radius 2 is 0.915 bits per heavy atom. The lowest BCUT2D eigenvalue weighted by molar-refractivity contribution is -0.131. The summed E-state index contributed by atoms with van der Waals surface area (Å²) in [6.07, 6.45) is 13.1. The third-order valence-electron chi connectivity index (χ3n) is 15.3. The van der Waals surface area contributed by atoms with E-state index in [-0.39, 0.29) is 47.7 Å². The van der Waals surface area contributed by atoms with Crippen LogP contribution < -0.4 is 9.47 Å². The third-order valence-corrected chi connectivity index (χ3v) is 19.7. The molecule has 2 saturated heterocycles. The molecule has 82 heavy (non-hydrogen) atoms. The summed E-state index contributed by atoms with van der Waals surface area (Å²) in [6.45, 7) is 6.99. The SMILES string of the molecule is O=C(Cc1ccc(Oc2ccnc3cc(-c4ccc(CN5CCN(C(=O)CSSCC(=O)N6CCN(Cc7ccc(-c8cc9nccc(Oc%10ccc(CC(=O)CC%11CC%11)cc%10F)c9s8)nc7)CC6)CC5)cn4)sc23)c(F)c1)CC1CC1. The Morgan fingerprint density at radius 1 is 0.500 bits per heavy atom. The van der Waals surface area contributed by atoms with Gasteiger partial charge in [0.05, 0.1) is 53.1 Å². The van der Waals surface area contributed by atoms with Gasteiger partial charge in [-0.1, -0.05) is 45.9 Å². The molecule has 0 spiro atoms. The van der Waals surface area contributed by atoms with Gasteiger partial charge in [-0.05, 0) is 108 Å². The van der Waals surface area contributed by atoms with Crippen molar-refractivity contribution in [3.8, 4) is 44.1 Å². The molecule has 6 aromatic heterocycles. The molecule has 4 aliphatic rings. The second-order valence-electron chi connectivity index (χ2n) is 21.7. The fourth-order valence-corrected chi connectivity index (χ4v) is 14.3. The normalized spacial score (nSPS) is 16.0. The van der Waals surface area contributed by atoms with E-state index in [2.05, 4.69) is 31.9 Å². The van der Waals surface area contributed by atoms with Crippen LogP contribution in [0.15, 0.2) is 110 Å². The Bertz CT molecular complexity index is 3400. The average Bonchev–Trinajstić information content (AvgIpc) is 4.39. The molecular weight excluding hydrogens is 1120 g/mol. The number of pyridine rings is 4.